The number of aromatic nitrogens is 3. The lowest BCUT2D eigenvalue weighted by molar-refractivity contribution is -0.137. The van der Waals surface area contributed by atoms with Gasteiger partial charge in [0.15, 0.2) is 5.82 Å². The molecule has 0 atom stereocenters. The smallest absolute Gasteiger partial charge is 0.206 e. The molecule has 9 heteroatoms. The van der Waals surface area contributed by atoms with Crippen molar-refractivity contribution >= 4 is 11.6 Å². The molecule has 124 valence electrons. The molecule has 0 amide bonds. The number of hydrogen-bond donors (Lipinski definition) is 0. The van der Waals surface area contributed by atoms with Crippen molar-refractivity contribution in [2.75, 3.05) is 0 Å². The highest BCUT2D eigenvalue weighted by Gasteiger charge is 2.35. The Bertz CT molecular complexity index is 884. The van der Waals surface area contributed by atoms with Crippen molar-refractivity contribution in [3.05, 3.63) is 64.9 Å². The lowest BCUT2D eigenvalue weighted by atomic mass is 10.2. The third-order valence-electron chi connectivity index (χ3n) is 3.19. The Hall–Kier alpha value is -2.48. The zero-order valence-electron chi connectivity index (χ0n) is 11.7. The summed E-state index contributed by atoms with van der Waals surface area (Å²) in [5.41, 5.74) is -1.95. The second-order valence-corrected chi connectivity index (χ2v) is 5.14. The van der Waals surface area contributed by atoms with Gasteiger partial charge >= 0.3 is 12.3 Å². The van der Waals surface area contributed by atoms with Gasteiger partial charge in [0.05, 0.1) is 21.8 Å². The third-order valence-corrected chi connectivity index (χ3v) is 3.51. The van der Waals surface area contributed by atoms with Gasteiger partial charge in [0, 0.05) is 0 Å². The predicted octanol–water partition coefficient (Wildman–Crippen LogP) is 4.88. The zero-order valence-corrected chi connectivity index (χ0v) is 12.4. The molecular formula is C15H7ClF5N3. The van der Waals surface area contributed by atoms with Gasteiger partial charge in [-0.2, -0.15) is 27.2 Å². The van der Waals surface area contributed by atoms with Crippen molar-refractivity contribution < 1.29 is 22.0 Å². The Kier molecular flexibility index (Phi) is 4.00. The molecule has 2 aromatic carbocycles. The number of halogens is 6. The predicted molar refractivity (Wildman–Crippen MR) is 76.7 cm³/mol. The highest BCUT2D eigenvalue weighted by atomic mass is 35.5. The van der Waals surface area contributed by atoms with Crippen molar-refractivity contribution in [2.45, 2.75) is 6.18 Å². The first-order chi connectivity index (χ1) is 11.3. The monoisotopic (exact) mass is 359 g/mol. The zero-order chi connectivity index (χ0) is 17.5. The van der Waals surface area contributed by atoms with Crippen LogP contribution in [0.1, 0.15) is 5.56 Å². The van der Waals surface area contributed by atoms with Crippen LogP contribution in [-0.4, -0.2) is 14.8 Å². The summed E-state index contributed by atoms with van der Waals surface area (Å²) in [4.78, 5) is 3.40. The molecule has 0 unspecified atom stereocenters. The van der Waals surface area contributed by atoms with Crippen LogP contribution in [0.15, 0.2) is 42.5 Å². The molecule has 0 N–H and O–H groups in total. The Morgan fingerprint density at radius 1 is 0.958 bits per heavy atom. The van der Waals surface area contributed by atoms with Gasteiger partial charge in [-0.25, -0.2) is 4.39 Å². The largest absolute Gasteiger partial charge is 0.418 e. The number of hydrogen-bond acceptors (Lipinski definition) is 2. The first-order valence-corrected chi connectivity index (χ1v) is 6.90. The second-order valence-electron chi connectivity index (χ2n) is 4.73. The van der Waals surface area contributed by atoms with Gasteiger partial charge in [0.2, 0.25) is 0 Å². The normalized spacial score (nSPS) is 11.8. The lowest BCUT2D eigenvalue weighted by Gasteiger charge is -2.11. The van der Waals surface area contributed by atoms with E-state index in [0.29, 0.717) is 4.68 Å². The van der Waals surface area contributed by atoms with Gasteiger partial charge in [0.25, 0.3) is 0 Å². The molecule has 3 nitrogen and oxygen atoms in total. The van der Waals surface area contributed by atoms with E-state index in [9.17, 15) is 22.0 Å². The number of para-hydroxylation sites is 1. The molecular weight excluding hydrogens is 353 g/mol. The quantitative estimate of drug-likeness (QED) is 0.610. The summed E-state index contributed by atoms with van der Waals surface area (Å²) in [5, 5.41) is 3.57. The Balaban J connectivity index is 2.19. The topological polar surface area (TPSA) is 30.7 Å². The van der Waals surface area contributed by atoms with E-state index in [0.717, 1.165) is 24.3 Å². The molecule has 1 aromatic heterocycles. The van der Waals surface area contributed by atoms with Crippen molar-refractivity contribution in [3.63, 3.8) is 0 Å². The molecule has 3 aromatic rings. The van der Waals surface area contributed by atoms with Gasteiger partial charge in [-0.05, 0) is 24.3 Å². The summed E-state index contributed by atoms with van der Waals surface area (Å²) in [6.45, 7) is 0. The molecule has 0 fully saturated rings. The number of alkyl halides is 3. The maximum absolute atomic E-state index is 14.1. The number of nitrogens with zero attached hydrogens (tertiary/aromatic N) is 3. The molecule has 0 aliphatic carbocycles. The van der Waals surface area contributed by atoms with Crippen LogP contribution in [0.2, 0.25) is 5.02 Å². The fourth-order valence-electron chi connectivity index (χ4n) is 2.16. The van der Waals surface area contributed by atoms with Crippen LogP contribution in [0.5, 0.6) is 0 Å². The lowest BCUT2D eigenvalue weighted by Crippen LogP contribution is -2.12. The van der Waals surface area contributed by atoms with Crippen molar-refractivity contribution in [2.24, 2.45) is 0 Å². The molecule has 24 heavy (non-hydrogen) atoms. The Morgan fingerprint density at radius 2 is 1.67 bits per heavy atom. The molecule has 3 rings (SSSR count). The van der Waals surface area contributed by atoms with E-state index in [4.69, 9.17) is 11.6 Å². The highest BCUT2D eigenvalue weighted by molar-refractivity contribution is 6.33. The van der Waals surface area contributed by atoms with E-state index < -0.39 is 35.1 Å². The summed E-state index contributed by atoms with van der Waals surface area (Å²) in [6, 6.07) is 8.00. The first-order valence-electron chi connectivity index (χ1n) is 6.52. The van der Waals surface area contributed by atoms with E-state index in [1.165, 1.54) is 18.2 Å². The van der Waals surface area contributed by atoms with Crippen LogP contribution in [-0.2, 0) is 6.18 Å². The maximum Gasteiger partial charge on any atom is 0.418 e. The van der Waals surface area contributed by atoms with Gasteiger partial charge < -0.3 is 0 Å². The Morgan fingerprint density at radius 3 is 2.33 bits per heavy atom. The van der Waals surface area contributed by atoms with Crippen molar-refractivity contribution in [3.8, 4) is 17.1 Å². The minimum absolute atomic E-state index is 0.0868. The maximum atomic E-state index is 14.1. The van der Waals surface area contributed by atoms with Crippen LogP contribution in [0.3, 0.4) is 0 Å². The van der Waals surface area contributed by atoms with E-state index in [2.05, 4.69) is 10.1 Å². The fraction of sp³-hybridized carbons (Fsp3) is 0.0667. The summed E-state index contributed by atoms with van der Waals surface area (Å²) in [7, 11) is 0. The molecule has 0 aliphatic heterocycles. The fourth-order valence-corrected chi connectivity index (χ4v) is 2.41. The minimum atomic E-state index is -4.72. The summed E-state index contributed by atoms with van der Waals surface area (Å²) >= 11 is 5.84. The highest BCUT2D eigenvalue weighted by Crippen LogP contribution is 2.34. The second kappa shape index (κ2) is 5.86. The van der Waals surface area contributed by atoms with Crippen LogP contribution >= 0.6 is 11.6 Å². The van der Waals surface area contributed by atoms with Crippen LogP contribution in [0.4, 0.5) is 22.0 Å². The van der Waals surface area contributed by atoms with Gasteiger partial charge in [-0.1, -0.05) is 29.8 Å². The van der Waals surface area contributed by atoms with E-state index in [1.807, 2.05) is 0 Å². The van der Waals surface area contributed by atoms with Crippen molar-refractivity contribution in [1.82, 2.24) is 14.8 Å². The molecule has 0 aliphatic rings. The van der Waals surface area contributed by atoms with Gasteiger partial charge in [-0.3, -0.25) is 0 Å². The summed E-state index contributed by atoms with van der Waals surface area (Å²) < 4.78 is 67.5. The molecule has 0 bridgehead atoms. The van der Waals surface area contributed by atoms with Crippen molar-refractivity contribution in [1.29, 1.82) is 0 Å². The first kappa shape index (κ1) is 16.4. The van der Waals surface area contributed by atoms with E-state index in [1.54, 1.807) is 0 Å². The molecule has 0 saturated heterocycles. The minimum Gasteiger partial charge on any atom is -0.206 e. The average Bonchev–Trinajstić information content (AvgIpc) is 2.87. The van der Waals surface area contributed by atoms with E-state index in [-0.39, 0.29) is 10.6 Å². The molecule has 0 radical (unpaired) electrons. The van der Waals surface area contributed by atoms with Crippen LogP contribution in [0, 0.1) is 11.9 Å². The third kappa shape index (κ3) is 2.84. The molecule has 1 heterocycles. The molecule has 0 saturated carbocycles. The number of rotatable bonds is 2. The summed E-state index contributed by atoms with van der Waals surface area (Å²) in [5.74, 6) is -1.27. The summed E-state index contributed by atoms with van der Waals surface area (Å²) in [6.07, 6.45) is -6.04. The SMILES string of the molecule is Fc1cccc(Cl)c1-c1nc(F)n(-c2ccccc2C(F)(F)F)n1. The van der Waals surface area contributed by atoms with E-state index >= 15 is 0 Å². The van der Waals surface area contributed by atoms with Gasteiger partial charge in [0.1, 0.15) is 5.82 Å². The van der Waals surface area contributed by atoms with Crippen LogP contribution < -0.4 is 0 Å². The Labute approximate surface area is 137 Å². The van der Waals surface area contributed by atoms with Gasteiger partial charge in [-0.15, -0.1) is 5.10 Å². The standard InChI is InChI=1S/C15H7ClF5N3/c16-9-5-3-6-10(17)12(9)13-22-14(18)24(23-13)11-7-2-1-4-8(11)15(19,20)21/h1-7H. The average molecular weight is 360 g/mol. The molecule has 0 spiro atoms. The van der Waals surface area contributed by atoms with Crippen LogP contribution in [0.25, 0.3) is 17.1 Å². The number of benzene rings is 2.